The van der Waals surface area contributed by atoms with E-state index in [9.17, 15) is 0 Å². The molecule has 2 fully saturated rings. The highest BCUT2D eigenvalue weighted by Gasteiger charge is 2.52. The predicted octanol–water partition coefficient (Wildman–Crippen LogP) is 20.6. The fourth-order valence-corrected chi connectivity index (χ4v) is 17.5. The molecule has 12 aromatic rings. The number of hydrogen-bond acceptors (Lipinski definition) is 3. The summed E-state index contributed by atoms with van der Waals surface area (Å²) in [6, 6.07) is 80.8. The van der Waals surface area contributed by atoms with Crippen LogP contribution in [0.25, 0.3) is 72.0 Å². The molecule has 460 valence electrons. The first kappa shape index (κ1) is 57.4. The number of nitrogens with zero attached hydrogens (tertiary/aromatic N) is 2. The van der Waals surface area contributed by atoms with Gasteiger partial charge in [-0.25, -0.2) is 0 Å². The van der Waals surface area contributed by atoms with Crippen molar-refractivity contribution in [1.82, 2.24) is 4.57 Å². The number of anilines is 3. The van der Waals surface area contributed by atoms with Crippen LogP contribution in [-0.2, 0) is 0 Å². The van der Waals surface area contributed by atoms with Crippen molar-refractivity contribution in [3.8, 4) is 73.2 Å². The molecule has 0 saturated heterocycles. The van der Waals surface area contributed by atoms with Crippen molar-refractivity contribution >= 4 is 85.1 Å². The highest BCUT2D eigenvalue weighted by Crippen LogP contribution is 2.53. The maximum atomic E-state index is 8.07. The molecule has 18 rings (SSSR count). The molecule has 2 saturated carbocycles. The normalized spacial score (nSPS) is 15.3. The van der Waals surface area contributed by atoms with Crippen molar-refractivity contribution in [2.75, 3.05) is 4.90 Å². The van der Waals surface area contributed by atoms with Crippen LogP contribution in [0.15, 0.2) is 206 Å². The van der Waals surface area contributed by atoms with Crippen LogP contribution in [0, 0.1) is 0 Å². The van der Waals surface area contributed by atoms with Gasteiger partial charge in [-0.1, -0.05) is 239 Å². The van der Waals surface area contributed by atoms with Crippen molar-refractivity contribution < 1.29 is 9.47 Å². The molecule has 0 radical (unpaired) electrons. The van der Waals surface area contributed by atoms with Gasteiger partial charge in [0.25, 0.3) is 13.4 Å². The molecule has 4 nitrogen and oxygen atoms in total. The Morgan fingerprint density at radius 2 is 0.745 bits per heavy atom. The van der Waals surface area contributed by atoms with Crippen LogP contribution in [0.1, 0.15) is 176 Å². The lowest BCUT2D eigenvalue weighted by Crippen LogP contribution is -2.63. The first-order chi connectivity index (χ1) is 45.9. The number of ether oxygens (including phenoxy) is 2. The van der Waals surface area contributed by atoms with E-state index in [1.54, 1.807) is 0 Å². The van der Waals surface area contributed by atoms with Crippen LogP contribution in [0.4, 0.5) is 17.1 Å². The molecule has 0 spiro atoms. The number of hydrogen-bond donors (Lipinski definition) is 0. The molecule has 2 aliphatic carbocycles. The van der Waals surface area contributed by atoms with Crippen molar-refractivity contribution in [3.63, 3.8) is 0 Å². The number of rotatable bonds is 11. The van der Waals surface area contributed by atoms with Gasteiger partial charge in [0.05, 0.1) is 16.9 Å². The molecule has 0 bridgehead atoms. The van der Waals surface area contributed by atoms with E-state index in [4.69, 9.17) is 9.47 Å². The van der Waals surface area contributed by atoms with Gasteiger partial charge in [0, 0.05) is 38.6 Å². The summed E-state index contributed by atoms with van der Waals surface area (Å²) >= 11 is 0. The minimum Gasteiger partial charge on any atom is -0.456 e. The fraction of sp³-hybridized carbons (Fsp3) is 0.250. The third kappa shape index (κ3) is 9.08. The molecule has 0 amide bonds. The summed E-state index contributed by atoms with van der Waals surface area (Å²) < 4.78 is 18.8. The monoisotopic (exact) mass is 1220 g/mol. The van der Waals surface area contributed by atoms with Crippen molar-refractivity contribution in [1.29, 1.82) is 0 Å². The quantitative estimate of drug-likeness (QED) is 0.121. The van der Waals surface area contributed by atoms with Gasteiger partial charge in [-0.05, 0) is 209 Å². The summed E-state index contributed by atoms with van der Waals surface area (Å²) in [7, 11) is 0. The van der Waals surface area contributed by atoms with E-state index >= 15 is 0 Å². The molecule has 6 heteroatoms. The van der Waals surface area contributed by atoms with Crippen molar-refractivity contribution in [2.45, 2.75) is 142 Å². The largest absolute Gasteiger partial charge is 0.456 e. The second-order valence-electron chi connectivity index (χ2n) is 29.6. The molecule has 5 heterocycles. The third-order valence-corrected chi connectivity index (χ3v) is 22.8. The van der Waals surface area contributed by atoms with E-state index in [0.717, 1.165) is 56.7 Å². The Morgan fingerprint density at radius 1 is 0.351 bits per heavy atom. The van der Waals surface area contributed by atoms with Gasteiger partial charge in [0.1, 0.15) is 23.0 Å². The SMILES string of the molecule is CC(C)c1ccc(-c2ccc(N3c4ccc(-c5ccc(C(C)C)cc5)cc4B4c5cc(C6CCCC6)ccc5Oc5c4c3c3c4c5-n5c6ccc(-c7ccc(C(C)C)cc7)cc6c6cc(-c7ccc(C(C)C)cc7)cc(c65)B4c4cc(C5CCCC5)ccc4O3)cc2)cc1. The van der Waals surface area contributed by atoms with E-state index in [1.807, 2.05) is 0 Å². The zero-order chi connectivity index (χ0) is 63.4. The zero-order valence-corrected chi connectivity index (χ0v) is 55.6. The molecule has 0 unspecified atom stereocenters. The summed E-state index contributed by atoms with van der Waals surface area (Å²) in [5.74, 6) is 6.50. The summed E-state index contributed by atoms with van der Waals surface area (Å²) in [6.45, 7) is 17.9. The van der Waals surface area contributed by atoms with Gasteiger partial charge in [-0.3, -0.25) is 0 Å². The Morgan fingerprint density at radius 3 is 1.24 bits per heavy atom. The maximum Gasteiger partial charge on any atom is 0.256 e. The Labute approximate surface area is 555 Å². The summed E-state index contributed by atoms with van der Waals surface area (Å²) in [5.41, 5.74) is 32.1. The predicted molar refractivity (Wildman–Crippen MR) is 398 cm³/mol. The van der Waals surface area contributed by atoms with Crippen LogP contribution in [0.2, 0.25) is 0 Å². The minimum absolute atomic E-state index is 0.194. The van der Waals surface area contributed by atoms with Gasteiger partial charge < -0.3 is 18.9 Å². The second-order valence-corrected chi connectivity index (χ2v) is 29.6. The summed E-state index contributed by atoms with van der Waals surface area (Å²) in [4.78, 5) is 2.57. The van der Waals surface area contributed by atoms with E-state index in [2.05, 4.69) is 271 Å². The first-order valence-corrected chi connectivity index (χ1v) is 35.3. The fourth-order valence-electron chi connectivity index (χ4n) is 17.5. The number of benzene rings is 11. The molecule has 11 aromatic carbocycles. The highest BCUT2D eigenvalue weighted by molar-refractivity contribution is 7.02. The second kappa shape index (κ2) is 22.2. The standard InChI is InChI=1S/C88H80B2N2O2/c1-51(2)55-17-25-61(26-18-55)62-33-39-71(40-34-62)91-79-42-36-67(64-29-21-57(22-30-64)53(5)6)47-74(79)89-75-48-68(59-13-9-10-14-59)37-43-80(75)94-88-82(89)85(91)87-83-86(88)92-78-41-35-66(63-27-19-56(20-28-63)52(3)4)45-72(78)73-46-70(65-31-23-58(24-32-65)54(7)8)50-77(84(73)92)90(83)76-49-69(38-44-81(76)93-87)60-15-11-12-16-60/h17-54,59-60H,9-16H2,1-8H3. The molecule has 4 aliphatic heterocycles. The van der Waals surface area contributed by atoms with Crippen LogP contribution in [0.3, 0.4) is 0 Å². The Kier molecular flexibility index (Phi) is 13.6. The van der Waals surface area contributed by atoms with Gasteiger partial charge in [-0.15, -0.1) is 0 Å². The lowest BCUT2D eigenvalue weighted by Gasteiger charge is -2.45. The number of fused-ring (bicyclic) bond motifs is 13. The Hall–Kier alpha value is -9.25. The zero-order valence-electron chi connectivity index (χ0n) is 55.6. The topological polar surface area (TPSA) is 26.6 Å². The first-order valence-electron chi connectivity index (χ1n) is 35.3. The summed E-state index contributed by atoms with van der Waals surface area (Å²) in [5, 5.41) is 2.48. The van der Waals surface area contributed by atoms with Crippen LogP contribution in [-0.4, -0.2) is 18.0 Å². The van der Waals surface area contributed by atoms with Crippen LogP contribution in [0.5, 0.6) is 23.0 Å². The highest BCUT2D eigenvalue weighted by atomic mass is 16.5. The summed E-state index contributed by atoms with van der Waals surface area (Å²) in [6.07, 6.45) is 9.92. The Balaban J connectivity index is 0.962. The van der Waals surface area contributed by atoms with Gasteiger partial charge in [-0.2, -0.15) is 0 Å². The Bertz CT molecular complexity index is 5020. The van der Waals surface area contributed by atoms with Crippen molar-refractivity contribution in [3.05, 3.63) is 240 Å². The average molecular weight is 1220 g/mol. The molecule has 0 N–H and O–H groups in total. The third-order valence-electron chi connectivity index (χ3n) is 22.8. The maximum absolute atomic E-state index is 8.07. The molecular weight excluding hydrogens is 1140 g/mol. The van der Waals surface area contributed by atoms with Crippen molar-refractivity contribution in [2.24, 2.45) is 0 Å². The molecule has 0 atom stereocenters. The van der Waals surface area contributed by atoms with E-state index < -0.39 is 0 Å². The van der Waals surface area contributed by atoms with Crippen LogP contribution >= 0.6 is 0 Å². The van der Waals surface area contributed by atoms with Gasteiger partial charge >= 0.3 is 0 Å². The molecule has 6 aliphatic rings. The van der Waals surface area contributed by atoms with Gasteiger partial charge in [0.2, 0.25) is 0 Å². The lowest BCUT2D eigenvalue weighted by molar-refractivity contribution is 0.474. The van der Waals surface area contributed by atoms with Crippen LogP contribution < -0.4 is 47.2 Å². The lowest BCUT2D eigenvalue weighted by atomic mass is 9.31. The molecular formula is C88H80B2N2O2. The number of aromatic nitrogens is 1. The smallest absolute Gasteiger partial charge is 0.256 e. The van der Waals surface area contributed by atoms with E-state index in [-0.39, 0.29) is 13.4 Å². The molecule has 1 aromatic heterocycles. The van der Waals surface area contributed by atoms with E-state index in [1.165, 1.54) is 173 Å². The minimum atomic E-state index is -0.197. The van der Waals surface area contributed by atoms with Gasteiger partial charge in [0.15, 0.2) is 0 Å². The molecule has 94 heavy (non-hydrogen) atoms. The van der Waals surface area contributed by atoms with E-state index in [0.29, 0.717) is 35.5 Å². The average Bonchev–Trinajstić information content (AvgIpc) is 1.26.